The summed E-state index contributed by atoms with van der Waals surface area (Å²) in [6.07, 6.45) is 5.10. The molecule has 0 unspecified atom stereocenters. The molecule has 2 heterocycles. The number of carbonyl (C=O) groups is 1. The summed E-state index contributed by atoms with van der Waals surface area (Å²) in [6, 6.07) is 7.38. The van der Waals surface area contributed by atoms with E-state index in [9.17, 15) is 4.79 Å². The van der Waals surface area contributed by atoms with Crippen LogP contribution in [0.3, 0.4) is 0 Å². The summed E-state index contributed by atoms with van der Waals surface area (Å²) in [5.74, 6) is -0.395. The third kappa shape index (κ3) is 3.41. The van der Waals surface area contributed by atoms with Gasteiger partial charge in [-0.3, -0.25) is 9.20 Å². The van der Waals surface area contributed by atoms with E-state index in [-0.39, 0.29) is 10.7 Å². The first-order valence-electron chi connectivity index (χ1n) is 6.70. The van der Waals surface area contributed by atoms with Crippen LogP contribution >= 0.6 is 11.6 Å². The third-order valence-electron chi connectivity index (χ3n) is 2.98. The first kappa shape index (κ1) is 15.1. The van der Waals surface area contributed by atoms with Gasteiger partial charge in [0.15, 0.2) is 5.15 Å². The van der Waals surface area contributed by atoms with Crippen molar-refractivity contribution in [1.82, 2.24) is 14.7 Å². The van der Waals surface area contributed by atoms with E-state index in [2.05, 4.69) is 10.3 Å². The number of aromatic nitrogens is 2. The number of nitriles is 1. The molecule has 2 aromatic heterocycles. The maximum absolute atomic E-state index is 11.9. The minimum Gasteiger partial charge on any atom is -0.351 e. The van der Waals surface area contributed by atoms with Gasteiger partial charge in [0.05, 0.1) is 5.69 Å². The van der Waals surface area contributed by atoms with Crippen LogP contribution in [0, 0.1) is 11.3 Å². The molecule has 0 aromatic carbocycles. The molecule has 6 heteroatoms. The van der Waals surface area contributed by atoms with E-state index in [4.69, 9.17) is 16.9 Å². The van der Waals surface area contributed by atoms with Crippen LogP contribution in [0.4, 0.5) is 0 Å². The number of pyridine rings is 1. The molecule has 0 atom stereocenters. The Bertz CT molecular complexity index is 727. The first-order valence-corrected chi connectivity index (χ1v) is 7.07. The fourth-order valence-corrected chi connectivity index (χ4v) is 2.11. The average Bonchev–Trinajstić information content (AvgIpc) is 2.80. The number of halogens is 1. The van der Waals surface area contributed by atoms with Crippen molar-refractivity contribution in [2.75, 3.05) is 6.54 Å². The van der Waals surface area contributed by atoms with Gasteiger partial charge in [0, 0.05) is 12.7 Å². The lowest BCUT2D eigenvalue weighted by Crippen LogP contribution is -2.25. The van der Waals surface area contributed by atoms with Crippen molar-refractivity contribution in [2.45, 2.75) is 19.8 Å². The standard InChI is InChI=1S/C15H15ClN4O/c1-2-3-7-18-15(21)11(10-17)9-12-14(16)19-13-6-4-5-8-20(12)13/h4-6,8-9H,2-3,7H2,1H3,(H,18,21)/b11-9+. The lowest BCUT2D eigenvalue weighted by molar-refractivity contribution is -0.117. The molecule has 21 heavy (non-hydrogen) atoms. The van der Waals surface area contributed by atoms with Crippen LogP contribution in [0.5, 0.6) is 0 Å². The van der Waals surface area contributed by atoms with Crippen LogP contribution in [-0.4, -0.2) is 21.8 Å². The number of carbonyl (C=O) groups excluding carboxylic acids is 1. The summed E-state index contributed by atoms with van der Waals surface area (Å²) >= 11 is 6.08. The SMILES string of the molecule is CCCCNC(=O)/C(C#N)=C/c1c(Cl)nc2ccccn12. The topological polar surface area (TPSA) is 70.2 Å². The minimum absolute atomic E-state index is 0.0126. The van der Waals surface area contributed by atoms with E-state index in [1.165, 1.54) is 6.08 Å². The largest absolute Gasteiger partial charge is 0.351 e. The summed E-state index contributed by atoms with van der Waals surface area (Å²) in [7, 11) is 0. The molecule has 5 nitrogen and oxygen atoms in total. The van der Waals surface area contributed by atoms with Crippen LogP contribution < -0.4 is 5.32 Å². The highest BCUT2D eigenvalue weighted by Gasteiger charge is 2.13. The number of hydrogen-bond donors (Lipinski definition) is 1. The fraction of sp³-hybridized carbons (Fsp3) is 0.267. The Balaban J connectivity index is 2.32. The molecule has 108 valence electrons. The molecule has 0 bridgehead atoms. The number of nitrogens with one attached hydrogen (secondary N) is 1. The van der Waals surface area contributed by atoms with E-state index >= 15 is 0 Å². The summed E-state index contributed by atoms with van der Waals surface area (Å²) in [5, 5.41) is 12.1. The van der Waals surface area contributed by atoms with Crippen LogP contribution in [0.1, 0.15) is 25.5 Å². The first-order chi connectivity index (χ1) is 10.2. The number of imidazole rings is 1. The smallest absolute Gasteiger partial charge is 0.262 e. The molecule has 2 aromatic rings. The Morgan fingerprint density at radius 3 is 3.10 bits per heavy atom. The predicted octanol–water partition coefficient (Wildman–Crippen LogP) is 2.81. The van der Waals surface area contributed by atoms with Crippen molar-refractivity contribution >= 4 is 29.2 Å². The van der Waals surface area contributed by atoms with E-state index in [1.807, 2.05) is 25.1 Å². The molecule has 0 fully saturated rings. The summed E-state index contributed by atoms with van der Waals surface area (Å²) < 4.78 is 1.74. The zero-order valence-corrected chi connectivity index (χ0v) is 12.4. The highest BCUT2D eigenvalue weighted by Crippen LogP contribution is 2.20. The van der Waals surface area contributed by atoms with Gasteiger partial charge >= 0.3 is 0 Å². The Labute approximate surface area is 127 Å². The molecular formula is C15H15ClN4O. The molecule has 0 radical (unpaired) electrons. The van der Waals surface area contributed by atoms with Gasteiger partial charge < -0.3 is 5.32 Å². The number of hydrogen-bond acceptors (Lipinski definition) is 3. The van der Waals surface area contributed by atoms with Gasteiger partial charge in [-0.05, 0) is 24.6 Å². The maximum atomic E-state index is 11.9. The molecule has 0 aliphatic heterocycles. The summed E-state index contributed by atoms with van der Waals surface area (Å²) in [4.78, 5) is 16.1. The Morgan fingerprint density at radius 1 is 1.57 bits per heavy atom. The zero-order valence-electron chi connectivity index (χ0n) is 11.6. The highest BCUT2D eigenvalue weighted by molar-refractivity contribution is 6.31. The monoisotopic (exact) mass is 302 g/mol. The fourth-order valence-electron chi connectivity index (χ4n) is 1.87. The number of nitrogens with zero attached hydrogens (tertiary/aromatic N) is 3. The van der Waals surface area contributed by atoms with Gasteiger partial charge in [-0.15, -0.1) is 0 Å². The molecular weight excluding hydrogens is 288 g/mol. The molecule has 1 N–H and O–H groups in total. The second-order valence-corrected chi connectivity index (χ2v) is 4.85. The van der Waals surface area contributed by atoms with Gasteiger partial charge in [0.2, 0.25) is 0 Å². The molecule has 0 saturated carbocycles. The van der Waals surface area contributed by atoms with Crippen LogP contribution in [0.2, 0.25) is 5.15 Å². The Kier molecular flexibility index (Phi) is 4.96. The lowest BCUT2D eigenvalue weighted by atomic mass is 10.2. The molecule has 0 aliphatic carbocycles. The van der Waals surface area contributed by atoms with Crippen LogP contribution in [-0.2, 0) is 4.79 Å². The van der Waals surface area contributed by atoms with Gasteiger partial charge in [-0.25, -0.2) is 4.98 Å². The van der Waals surface area contributed by atoms with Crippen molar-refractivity contribution in [3.8, 4) is 6.07 Å². The summed E-state index contributed by atoms with van der Waals surface area (Å²) in [6.45, 7) is 2.58. The third-order valence-corrected chi connectivity index (χ3v) is 3.26. The Morgan fingerprint density at radius 2 is 2.38 bits per heavy atom. The van der Waals surface area contributed by atoms with E-state index in [1.54, 1.807) is 16.7 Å². The van der Waals surface area contributed by atoms with Crippen LogP contribution in [0.15, 0.2) is 30.0 Å². The van der Waals surface area contributed by atoms with Crippen molar-refractivity contribution in [2.24, 2.45) is 0 Å². The normalized spacial score (nSPS) is 11.4. The Hall–Kier alpha value is -2.32. The van der Waals surface area contributed by atoms with E-state index in [0.717, 1.165) is 12.8 Å². The molecule has 2 rings (SSSR count). The van der Waals surface area contributed by atoms with Gasteiger partial charge in [-0.1, -0.05) is 31.0 Å². The van der Waals surface area contributed by atoms with E-state index < -0.39 is 5.91 Å². The summed E-state index contributed by atoms with van der Waals surface area (Å²) in [5.41, 5.74) is 1.20. The number of rotatable bonds is 5. The predicted molar refractivity (Wildman–Crippen MR) is 81.7 cm³/mol. The highest BCUT2D eigenvalue weighted by atomic mass is 35.5. The second kappa shape index (κ2) is 6.91. The molecule has 0 saturated heterocycles. The van der Waals surface area contributed by atoms with Crippen molar-refractivity contribution < 1.29 is 4.79 Å². The van der Waals surface area contributed by atoms with E-state index in [0.29, 0.717) is 17.9 Å². The molecule has 0 spiro atoms. The average molecular weight is 303 g/mol. The maximum Gasteiger partial charge on any atom is 0.262 e. The quantitative estimate of drug-likeness (QED) is 0.524. The van der Waals surface area contributed by atoms with Gasteiger partial charge in [-0.2, -0.15) is 5.26 Å². The van der Waals surface area contributed by atoms with Gasteiger partial charge in [0.1, 0.15) is 17.3 Å². The molecule has 0 aliphatic rings. The van der Waals surface area contributed by atoms with Crippen molar-refractivity contribution in [1.29, 1.82) is 5.26 Å². The van der Waals surface area contributed by atoms with Crippen molar-refractivity contribution in [3.63, 3.8) is 0 Å². The number of amides is 1. The van der Waals surface area contributed by atoms with Crippen molar-refractivity contribution in [3.05, 3.63) is 40.8 Å². The zero-order chi connectivity index (χ0) is 15.2. The van der Waals surface area contributed by atoms with Crippen LogP contribution in [0.25, 0.3) is 11.7 Å². The number of fused-ring (bicyclic) bond motifs is 1. The second-order valence-electron chi connectivity index (χ2n) is 4.50. The number of unbranched alkanes of at least 4 members (excludes halogenated alkanes) is 1. The van der Waals surface area contributed by atoms with Gasteiger partial charge in [0.25, 0.3) is 5.91 Å². The lowest BCUT2D eigenvalue weighted by Gasteiger charge is -2.03. The minimum atomic E-state index is -0.395. The molecule has 1 amide bonds.